The summed E-state index contributed by atoms with van der Waals surface area (Å²) in [5, 5.41) is 15.1. The lowest BCUT2D eigenvalue weighted by Gasteiger charge is -2.34. The molecular formula is C19H29N3O. The molecule has 1 aromatic carbocycles. The van der Waals surface area contributed by atoms with Crippen molar-refractivity contribution in [3.8, 4) is 0 Å². The van der Waals surface area contributed by atoms with Crippen LogP contribution in [0, 0.1) is 18.3 Å². The number of benzene rings is 1. The van der Waals surface area contributed by atoms with Crippen molar-refractivity contribution in [3.05, 3.63) is 48.0 Å². The molecule has 0 aliphatic heterocycles. The van der Waals surface area contributed by atoms with E-state index in [2.05, 4.69) is 69.0 Å². The minimum absolute atomic E-state index is 0.0588. The highest BCUT2D eigenvalue weighted by Gasteiger charge is 2.33. The van der Waals surface area contributed by atoms with Gasteiger partial charge in [0.2, 0.25) is 0 Å². The fraction of sp³-hybridized carbons (Fsp3) is 0.579. The molecule has 3 atom stereocenters. The first-order valence-electron chi connectivity index (χ1n) is 8.35. The Morgan fingerprint density at radius 1 is 1.22 bits per heavy atom. The normalized spacial score (nSPS) is 16.1. The van der Waals surface area contributed by atoms with Crippen LogP contribution in [-0.4, -0.2) is 26.0 Å². The molecule has 0 amide bonds. The number of aliphatic hydroxyl groups excluding tert-OH is 1. The summed E-state index contributed by atoms with van der Waals surface area (Å²) in [6.45, 7) is 10.6. The van der Waals surface area contributed by atoms with E-state index in [0.717, 1.165) is 12.8 Å². The SMILES string of the molecule is Cc1ccccc1CC(C)CC(C(O)C(C)(C)C)n1cncn1. The third kappa shape index (κ3) is 4.64. The quantitative estimate of drug-likeness (QED) is 0.882. The highest BCUT2D eigenvalue weighted by molar-refractivity contribution is 5.25. The average Bonchev–Trinajstić information content (AvgIpc) is 2.99. The van der Waals surface area contributed by atoms with Gasteiger partial charge in [-0.15, -0.1) is 0 Å². The molecule has 0 aliphatic rings. The van der Waals surface area contributed by atoms with Gasteiger partial charge in [-0.2, -0.15) is 5.10 Å². The van der Waals surface area contributed by atoms with Gasteiger partial charge in [0.25, 0.3) is 0 Å². The monoisotopic (exact) mass is 315 g/mol. The maximum atomic E-state index is 10.8. The molecule has 0 fully saturated rings. The van der Waals surface area contributed by atoms with Crippen molar-refractivity contribution in [2.45, 2.75) is 59.6 Å². The highest BCUT2D eigenvalue weighted by atomic mass is 16.3. The van der Waals surface area contributed by atoms with Gasteiger partial charge in [-0.05, 0) is 42.2 Å². The first-order valence-corrected chi connectivity index (χ1v) is 8.35. The standard InChI is InChI=1S/C19H29N3O/c1-14(10-16-9-7-6-8-15(16)2)11-17(18(23)19(3,4)5)22-13-20-12-21-22/h6-9,12-14,17-18,23H,10-11H2,1-5H3. The minimum atomic E-state index is -0.469. The summed E-state index contributed by atoms with van der Waals surface area (Å²) in [5.74, 6) is 0.447. The van der Waals surface area contributed by atoms with Crippen LogP contribution in [0.3, 0.4) is 0 Å². The molecule has 0 spiro atoms. The Morgan fingerprint density at radius 3 is 2.48 bits per heavy atom. The van der Waals surface area contributed by atoms with Gasteiger partial charge in [0.15, 0.2) is 0 Å². The van der Waals surface area contributed by atoms with Crippen LogP contribution in [0.1, 0.15) is 51.3 Å². The predicted molar refractivity (Wildman–Crippen MR) is 93.2 cm³/mol. The molecule has 126 valence electrons. The molecule has 0 aliphatic carbocycles. The van der Waals surface area contributed by atoms with Gasteiger partial charge in [0, 0.05) is 0 Å². The average molecular weight is 315 g/mol. The molecule has 3 unspecified atom stereocenters. The van der Waals surface area contributed by atoms with Crippen LogP contribution in [0.2, 0.25) is 0 Å². The Labute approximate surface area is 139 Å². The Balaban J connectivity index is 2.13. The van der Waals surface area contributed by atoms with Crippen molar-refractivity contribution in [3.63, 3.8) is 0 Å². The topological polar surface area (TPSA) is 50.9 Å². The summed E-state index contributed by atoms with van der Waals surface area (Å²) in [5.41, 5.74) is 2.51. The van der Waals surface area contributed by atoms with Crippen molar-refractivity contribution >= 4 is 0 Å². The largest absolute Gasteiger partial charge is 0.390 e. The van der Waals surface area contributed by atoms with E-state index in [1.807, 2.05) is 4.68 Å². The molecule has 1 aromatic heterocycles. The zero-order valence-corrected chi connectivity index (χ0v) is 14.9. The van der Waals surface area contributed by atoms with Gasteiger partial charge in [0.05, 0.1) is 12.1 Å². The molecule has 0 saturated heterocycles. The van der Waals surface area contributed by atoms with Crippen molar-refractivity contribution in [2.75, 3.05) is 0 Å². The number of aryl methyl sites for hydroxylation is 1. The van der Waals surface area contributed by atoms with Crippen LogP contribution in [-0.2, 0) is 6.42 Å². The van der Waals surface area contributed by atoms with E-state index in [1.165, 1.54) is 17.5 Å². The van der Waals surface area contributed by atoms with Gasteiger partial charge in [0.1, 0.15) is 12.7 Å². The number of hydrogen-bond acceptors (Lipinski definition) is 3. The lowest BCUT2D eigenvalue weighted by Crippen LogP contribution is -2.37. The van der Waals surface area contributed by atoms with E-state index in [-0.39, 0.29) is 11.5 Å². The summed E-state index contributed by atoms with van der Waals surface area (Å²) < 4.78 is 1.81. The number of hydrogen-bond donors (Lipinski definition) is 1. The number of nitrogens with zero attached hydrogens (tertiary/aromatic N) is 3. The van der Waals surface area contributed by atoms with E-state index < -0.39 is 6.10 Å². The Morgan fingerprint density at radius 2 is 1.91 bits per heavy atom. The fourth-order valence-corrected chi connectivity index (χ4v) is 3.06. The van der Waals surface area contributed by atoms with Crippen LogP contribution in [0.25, 0.3) is 0 Å². The predicted octanol–water partition coefficient (Wildman–Crippen LogP) is 3.80. The summed E-state index contributed by atoms with van der Waals surface area (Å²) >= 11 is 0. The second-order valence-corrected chi connectivity index (χ2v) is 7.73. The third-order valence-electron chi connectivity index (χ3n) is 4.50. The van der Waals surface area contributed by atoms with Gasteiger partial charge in [-0.3, -0.25) is 0 Å². The first kappa shape index (κ1) is 17.7. The van der Waals surface area contributed by atoms with Crippen LogP contribution in [0.15, 0.2) is 36.9 Å². The Hall–Kier alpha value is -1.68. The summed E-state index contributed by atoms with van der Waals surface area (Å²) in [6, 6.07) is 8.45. The molecule has 0 bridgehead atoms. The molecule has 0 radical (unpaired) electrons. The number of aromatic nitrogens is 3. The van der Waals surface area contributed by atoms with E-state index >= 15 is 0 Å². The second kappa shape index (κ2) is 7.26. The maximum absolute atomic E-state index is 10.8. The molecule has 23 heavy (non-hydrogen) atoms. The van der Waals surface area contributed by atoms with E-state index in [0.29, 0.717) is 5.92 Å². The summed E-state index contributed by atoms with van der Waals surface area (Å²) in [4.78, 5) is 4.05. The lowest BCUT2D eigenvalue weighted by molar-refractivity contribution is 0.00438. The number of aliphatic hydroxyl groups is 1. The van der Waals surface area contributed by atoms with Crippen LogP contribution in [0.4, 0.5) is 0 Å². The third-order valence-corrected chi connectivity index (χ3v) is 4.50. The van der Waals surface area contributed by atoms with E-state index in [4.69, 9.17) is 0 Å². The van der Waals surface area contributed by atoms with Gasteiger partial charge >= 0.3 is 0 Å². The van der Waals surface area contributed by atoms with Crippen molar-refractivity contribution in [1.82, 2.24) is 14.8 Å². The van der Waals surface area contributed by atoms with Crippen molar-refractivity contribution < 1.29 is 5.11 Å². The minimum Gasteiger partial charge on any atom is -0.390 e. The van der Waals surface area contributed by atoms with E-state index in [1.54, 1.807) is 6.33 Å². The van der Waals surface area contributed by atoms with Crippen LogP contribution >= 0.6 is 0 Å². The zero-order chi connectivity index (χ0) is 17.0. The van der Waals surface area contributed by atoms with Gasteiger partial charge < -0.3 is 5.11 Å². The summed E-state index contributed by atoms with van der Waals surface area (Å²) in [7, 11) is 0. The molecule has 2 rings (SSSR count). The maximum Gasteiger partial charge on any atom is 0.137 e. The van der Waals surface area contributed by atoms with Crippen molar-refractivity contribution in [2.24, 2.45) is 11.3 Å². The molecule has 1 heterocycles. The number of rotatable bonds is 6. The highest BCUT2D eigenvalue weighted by Crippen LogP contribution is 2.33. The summed E-state index contributed by atoms with van der Waals surface area (Å²) in [6.07, 6.45) is 4.66. The lowest BCUT2D eigenvalue weighted by atomic mass is 9.80. The van der Waals surface area contributed by atoms with Crippen LogP contribution in [0.5, 0.6) is 0 Å². The Kier molecular flexibility index (Phi) is 5.58. The molecule has 1 N–H and O–H groups in total. The molecule has 0 saturated carbocycles. The molecular weight excluding hydrogens is 286 g/mol. The zero-order valence-electron chi connectivity index (χ0n) is 14.9. The van der Waals surface area contributed by atoms with Gasteiger partial charge in [-0.1, -0.05) is 52.0 Å². The smallest absolute Gasteiger partial charge is 0.137 e. The Bertz CT molecular complexity index is 601. The molecule has 4 heteroatoms. The second-order valence-electron chi connectivity index (χ2n) is 7.73. The van der Waals surface area contributed by atoms with Crippen molar-refractivity contribution in [1.29, 1.82) is 0 Å². The molecule has 4 nitrogen and oxygen atoms in total. The van der Waals surface area contributed by atoms with Crippen LogP contribution < -0.4 is 0 Å². The first-order chi connectivity index (χ1) is 10.8. The fourth-order valence-electron chi connectivity index (χ4n) is 3.06. The van der Waals surface area contributed by atoms with E-state index in [9.17, 15) is 5.11 Å². The van der Waals surface area contributed by atoms with Gasteiger partial charge in [-0.25, -0.2) is 9.67 Å². The molecule has 2 aromatic rings.